The molecule has 2 rings (SSSR count). The minimum Gasteiger partial charge on any atom is -0.494 e. The van der Waals surface area contributed by atoms with Gasteiger partial charge in [0.05, 0.1) is 37.4 Å². The molecular formula is C20H22N2O6. The van der Waals surface area contributed by atoms with Gasteiger partial charge in [-0.2, -0.15) is 5.26 Å². The van der Waals surface area contributed by atoms with Gasteiger partial charge >= 0.3 is 11.9 Å². The summed E-state index contributed by atoms with van der Waals surface area (Å²) in [7, 11) is 1.28. The number of rotatable bonds is 6. The average molecular weight is 386 g/mol. The molecule has 148 valence electrons. The summed E-state index contributed by atoms with van der Waals surface area (Å²) in [4.78, 5) is 24.5. The van der Waals surface area contributed by atoms with Crippen molar-refractivity contribution < 1.29 is 28.5 Å². The van der Waals surface area contributed by atoms with Gasteiger partial charge in [-0.1, -0.05) is 6.07 Å². The van der Waals surface area contributed by atoms with E-state index in [-0.39, 0.29) is 35.0 Å². The Hall–Kier alpha value is -3.47. The molecule has 0 fully saturated rings. The van der Waals surface area contributed by atoms with Gasteiger partial charge in [-0.3, -0.25) is 0 Å². The molecule has 0 bridgehead atoms. The van der Waals surface area contributed by atoms with Crippen molar-refractivity contribution in [1.29, 1.82) is 5.26 Å². The Kier molecular flexibility index (Phi) is 6.66. The number of carbonyl (C=O) groups is 2. The molecule has 1 heterocycles. The van der Waals surface area contributed by atoms with E-state index in [4.69, 9.17) is 24.7 Å². The second-order valence-electron chi connectivity index (χ2n) is 5.79. The largest absolute Gasteiger partial charge is 0.494 e. The van der Waals surface area contributed by atoms with Crippen LogP contribution in [0, 0.1) is 11.3 Å². The Morgan fingerprint density at radius 1 is 1.25 bits per heavy atom. The van der Waals surface area contributed by atoms with Gasteiger partial charge in [0, 0.05) is 5.56 Å². The van der Waals surface area contributed by atoms with Crippen molar-refractivity contribution in [2.24, 2.45) is 5.73 Å². The number of benzene rings is 1. The first kappa shape index (κ1) is 20.8. The van der Waals surface area contributed by atoms with Crippen molar-refractivity contribution in [1.82, 2.24) is 0 Å². The Morgan fingerprint density at radius 2 is 1.96 bits per heavy atom. The van der Waals surface area contributed by atoms with E-state index in [1.54, 1.807) is 26.8 Å². The third-order valence-electron chi connectivity index (χ3n) is 4.15. The van der Waals surface area contributed by atoms with Crippen molar-refractivity contribution in [2.45, 2.75) is 26.7 Å². The maximum absolute atomic E-state index is 12.6. The highest BCUT2D eigenvalue weighted by atomic mass is 16.5. The first-order chi connectivity index (χ1) is 13.4. The van der Waals surface area contributed by atoms with Crippen LogP contribution in [0.3, 0.4) is 0 Å². The average Bonchev–Trinajstić information content (AvgIpc) is 2.67. The van der Waals surface area contributed by atoms with Crippen LogP contribution in [0.15, 0.2) is 41.0 Å². The smallest absolute Gasteiger partial charge is 0.338 e. The summed E-state index contributed by atoms with van der Waals surface area (Å²) in [6.45, 7) is 5.49. The van der Waals surface area contributed by atoms with E-state index in [1.807, 2.05) is 6.07 Å². The fourth-order valence-electron chi connectivity index (χ4n) is 2.96. The van der Waals surface area contributed by atoms with Gasteiger partial charge in [0.2, 0.25) is 5.88 Å². The van der Waals surface area contributed by atoms with Crippen molar-refractivity contribution in [3.63, 3.8) is 0 Å². The van der Waals surface area contributed by atoms with Gasteiger partial charge < -0.3 is 24.7 Å². The normalized spacial score (nSPS) is 16.2. The Bertz CT molecular complexity index is 894. The van der Waals surface area contributed by atoms with Gasteiger partial charge in [-0.25, -0.2) is 9.59 Å². The van der Waals surface area contributed by atoms with Crippen LogP contribution in [0.5, 0.6) is 5.75 Å². The molecule has 1 aromatic carbocycles. The Morgan fingerprint density at radius 3 is 2.54 bits per heavy atom. The van der Waals surface area contributed by atoms with E-state index in [0.717, 1.165) is 0 Å². The number of nitrogens with two attached hydrogens (primary N) is 1. The molecule has 1 aliphatic heterocycles. The molecule has 0 radical (unpaired) electrons. The molecule has 28 heavy (non-hydrogen) atoms. The monoisotopic (exact) mass is 386 g/mol. The number of methoxy groups -OCH3 is 1. The number of nitriles is 1. The molecule has 1 aliphatic rings. The minimum absolute atomic E-state index is 0.0559. The fourth-order valence-corrected chi connectivity index (χ4v) is 2.96. The van der Waals surface area contributed by atoms with Crippen LogP contribution < -0.4 is 10.5 Å². The second-order valence-corrected chi connectivity index (χ2v) is 5.79. The van der Waals surface area contributed by atoms with Crippen LogP contribution in [0.25, 0.3) is 0 Å². The summed E-state index contributed by atoms with van der Waals surface area (Å²) in [5.41, 5.74) is 6.87. The third kappa shape index (κ3) is 3.93. The highest BCUT2D eigenvalue weighted by molar-refractivity contribution is 5.93. The number of allylic oxidation sites excluding steroid dienone is 2. The number of esters is 2. The van der Waals surface area contributed by atoms with E-state index < -0.39 is 17.9 Å². The quantitative estimate of drug-likeness (QED) is 0.740. The lowest BCUT2D eigenvalue weighted by Gasteiger charge is -2.28. The van der Waals surface area contributed by atoms with Crippen molar-refractivity contribution >= 4 is 11.9 Å². The highest BCUT2D eigenvalue weighted by Gasteiger charge is 2.38. The molecule has 1 atom stereocenters. The summed E-state index contributed by atoms with van der Waals surface area (Å²) in [6, 6.07) is 6.64. The molecule has 1 unspecified atom stereocenters. The lowest BCUT2D eigenvalue weighted by molar-refractivity contribution is -0.139. The van der Waals surface area contributed by atoms with Crippen molar-refractivity contribution in [3.8, 4) is 11.8 Å². The van der Waals surface area contributed by atoms with Gasteiger partial charge in [0.25, 0.3) is 0 Å². The number of hydrogen-bond acceptors (Lipinski definition) is 8. The molecule has 0 spiro atoms. The summed E-state index contributed by atoms with van der Waals surface area (Å²) in [6.07, 6.45) is 0. The summed E-state index contributed by atoms with van der Waals surface area (Å²) >= 11 is 0. The summed E-state index contributed by atoms with van der Waals surface area (Å²) in [5.74, 6) is -1.55. The molecule has 0 saturated carbocycles. The number of hydrogen-bond donors (Lipinski definition) is 1. The van der Waals surface area contributed by atoms with Crippen LogP contribution in [0.4, 0.5) is 0 Å². The zero-order valence-electron chi connectivity index (χ0n) is 16.2. The molecule has 8 nitrogen and oxygen atoms in total. The van der Waals surface area contributed by atoms with E-state index in [9.17, 15) is 14.9 Å². The van der Waals surface area contributed by atoms with Crippen LogP contribution in [0.1, 0.15) is 42.6 Å². The van der Waals surface area contributed by atoms with Gasteiger partial charge in [-0.05, 0) is 32.9 Å². The fraction of sp³-hybridized carbons (Fsp3) is 0.350. The van der Waals surface area contributed by atoms with E-state index in [2.05, 4.69) is 0 Å². The Labute approximate surface area is 163 Å². The van der Waals surface area contributed by atoms with E-state index >= 15 is 0 Å². The van der Waals surface area contributed by atoms with Crippen molar-refractivity contribution in [2.75, 3.05) is 20.3 Å². The predicted molar refractivity (Wildman–Crippen MR) is 98.9 cm³/mol. The first-order valence-corrected chi connectivity index (χ1v) is 8.70. The standard InChI is InChI=1S/C20H22N2O6/c1-5-26-15-9-12(19(23)25-4)7-8-13(15)17-14(10-21)18(22)28-11(3)16(17)20(24)27-6-2/h7-9,17H,5-6,22H2,1-4H3. The zero-order chi connectivity index (χ0) is 20.8. The van der Waals surface area contributed by atoms with Crippen LogP contribution in [0.2, 0.25) is 0 Å². The second kappa shape index (κ2) is 8.95. The van der Waals surface area contributed by atoms with Gasteiger partial charge in [0.15, 0.2) is 0 Å². The molecule has 0 aliphatic carbocycles. The molecule has 0 saturated heterocycles. The molecule has 1 aromatic rings. The molecule has 2 N–H and O–H groups in total. The topological polar surface area (TPSA) is 121 Å². The SMILES string of the molecule is CCOC(=O)C1=C(C)OC(N)=C(C#N)C1c1ccc(C(=O)OC)cc1OCC. The maximum atomic E-state index is 12.6. The van der Waals surface area contributed by atoms with Crippen molar-refractivity contribution in [3.05, 3.63) is 52.1 Å². The number of carbonyl (C=O) groups excluding carboxylic acids is 2. The highest BCUT2D eigenvalue weighted by Crippen LogP contribution is 2.43. The van der Waals surface area contributed by atoms with Crippen LogP contribution >= 0.6 is 0 Å². The lowest BCUT2D eigenvalue weighted by atomic mass is 9.82. The first-order valence-electron chi connectivity index (χ1n) is 8.70. The Balaban J connectivity index is 2.71. The number of ether oxygens (including phenoxy) is 4. The van der Waals surface area contributed by atoms with Crippen LogP contribution in [-0.4, -0.2) is 32.3 Å². The third-order valence-corrected chi connectivity index (χ3v) is 4.15. The summed E-state index contributed by atoms with van der Waals surface area (Å²) in [5, 5.41) is 9.65. The number of nitrogens with zero attached hydrogens (tertiary/aromatic N) is 1. The summed E-state index contributed by atoms with van der Waals surface area (Å²) < 4.78 is 21.0. The van der Waals surface area contributed by atoms with E-state index in [0.29, 0.717) is 17.9 Å². The molecule has 8 heteroatoms. The van der Waals surface area contributed by atoms with Gasteiger partial charge in [-0.15, -0.1) is 0 Å². The predicted octanol–water partition coefficient (Wildman–Crippen LogP) is 2.52. The molecular weight excluding hydrogens is 364 g/mol. The minimum atomic E-state index is -0.856. The molecule has 0 aromatic heterocycles. The lowest BCUT2D eigenvalue weighted by Crippen LogP contribution is -2.26. The van der Waals surface area contributed by atoms with Gasteiger partial charge in [0.1, 0.15) is 23.2 Å². The van der Waals surface area contributed by atoms with E-state index in [1.165, 1.54) is 19.2 Å². The maximum Gasteiger partial charge on any atom is 0.338 e. The molecule has 0 amide bonds. The van der Waals surface area contributed by atoms with Crippen LogP contribution in [-0.2, 0) is 19.0 Å². The zero-order valence-corrected chi connectivity index (χ0v) is 16.2.